The highest BCUT2D eigenvalue weighted by molar-refractivity contribution is 5.96. The Morgan fingerprint density at radius 1 is 1.17 bits per heavy atom. The van der Waals surface area contributed by atoms with Crippen molar-refractivity contribution in [3.8, 4) is 16.8 Å². The quantitative estimate of drug-likeness (QED) is 0.510. The van der Waals surface area contributed by atoms with Gasteiger partial charge in [-0.15, -0.1) is 10.2 Å². The van der Waals surface area contributed by atoms with E-state index < -0.39 is 17.2 Å². The van der Waals surface area contributed by atoms with Gasteiger partial charge in [0.25, 0.3) is 0 Å². The maximum Gasteiger partial charge on any atom is 0.163 e. The molecule has 0 fully saturated rings. The lowest BCUT2D eigenvalue weighted by molar-refractivity contribution is 0.176. The first kappa shape index (κ1) is 18.7. The van der Waals surface area contributed by atoms with Crippen LogP contribution in [0.4, 0.5) is 14.5 Å². The molecule has 30 heavy (non-hydrogen) atoms. The Kier molecular flexibility index (Phi) is 3.98. The van der Waals surface area contributed by atoms with Crippen LogP contribution in [0.5, 0.6) is 0 Å². The van der Waals surface area contributed by atoms with E-state index in [2.05, 4.69) is 20.5 Å². The maximum atomic E-state index is 15.5. The Morgan fingerprint density at radius 3 is 2.73 bits per heavy atom. The van der Waals surface area contributed by atoms with Crippen molar-refractivity contribution in [3.63, 3.8) is 0 Å². The fourth-order valence-electron chi connectivity index (χ4n) is 4.38. The minimum atomic E-state index is -0.558. The fraction of sp³-hybridized carbons (Fsp3) is 0.273. The van der Waals surface area contributed by atoms with Crippen molar-refractivity contribution in [1.82, 2.24) is 19.7 Å². The second kappa shape index (κ2) is 6.37. The minimum absolute atomic E-state index is 0.259. The molecule has 0 amide bonds. The molecule has 4 aromatic rings. The summed E-state index contributed by atoms with van der Waals surface area (Å²) in [5.41, 5.74) is 2.96. The number of fused-ring (bicyclic) bond motifs is 4. The summed E-state index contributed by atoms with van der Waals surface area (Å²) in [5, 5.41) is 12.7. The van der Waals surface area contributed by atoms with Gasteiger partial charge in [-0.1, -0.05) is 0 Å². The van der Waals surface area contributed by atoms with Gasteiger partial charge in [0, 0.05) is 29.8 Å². The number of hydrogen-bond acceptors (Lipinski definition) is 4. The zero-order chi connectivity index (χ0) is 21.2. The van der Waals surface area contributed by atoms with Crippen LogP contribution in [-0.2, 0) is 16.9 Å². The molecule has 8 heteroatoms. The van der Waals surface area contributed by atoms with E-state index >= 15 is 4.39 Å². The van der Waals surface area contributed by atoms with E-state index in [0.29, 0.717) is 44.9 Å². The molecule has 0 unspecified atom stereocenters. The van der Waals surface area contributed by atoms with Gasteiger partial charge in [0.05, 0.1) is 22.4 Å². The normalized spacial score (nSPS) is 14.5. The number of nitrogens with zero attached hydrogens (tertiary/aromatic N) is 3. The number of aromatic nitrogens is 4. The van der Waals surface area contributed by atoms with Crippen molar-refractivity contribution >= 4 is 16.6 Å². The number of H-pyrrole nitrogens is 1. The predicted octanol–water partition coefficient (Wildman–Crippen LogP) is 4.81. The third kappa shape index (κ3) is 2.56. The number of aromatic amines is 1. The molecule has 0 atom stereocenters. The van der Waals surface area contributed by atoms with E-state index in [9.17, 15) is 4.39 Å². The number of benzene rings is 2. The van der Waals surface area contributed by atoms with Gasteiger partial charge in [0.1, 0.15) is 18.2 Å². The van der Waals surface area contributed by atoms with Crippen LogP contribution in [0.25, 0.3) is 27.7 Å². The molecule has 0 saturated heterocycles. The Morgan fingerprint density at radius 2 is 1.97 bits per heavy atom. The Hall–Kier alpha value is -3.26. The Labute approximate surface area is 171 Å². The zero-order valence-electron chi connectivity index (χ0n) is 17.1. The lowest BCUT2D eigenvalue weighted by Crippen LogP contribution is -2.36. The molecular weight excluding hydrogens is 388 g/mol. The highest BCUT2D eigenvalue weighted by Crippen LogP contribution is 2.44. The van der Waals surface area contributed by atoms with Gasteiger partial charge in [0.15, 0.2) is 11.6 Å². The van der Waals surface area contributed by atoms with E-state index in [1.165, 1.54) is 18.2 Å². The van der Waals surface area contributed by atoms with Crippen LogP contribution >= 0.6 is 0 Å². The van der Waals surface area contributed by atoms with Gasteiger partial charge >= 0.3 is 0 Å². The second-order valence-electron chi connectivity index (χ2n) is 8.11. The third-order valence-electron chi connectivity index (χ3n) is 5.62. The van der Waals surface area contributed by atoms with Crippen LogP contribution in [-0.4, -0.2) is 26.9 Å². The largest absolute Gasteiger partial charge is 0.377 e. The first-order valence-corrected chi connectivity index (χ1v) is 9.64. The molecule has 2 aromatic carbocycles. The molecule has 0 bridgehead atoms. The number of rotatable bonds is 3. The van der Waals surface area contributed by atoms with Gasteiger partial charge < -0.3 is 15.0 Å². The fourth-order valence-corrected chi connectivity index (χ4v) is 4.38. The number of nitrogens with one attached hydrogen (secondary N) is 2. The standard InChI is InChI=1S/C22H21F2N5O/c1-11-18(14-8-13(23)7-12-5-6-25-19(12)14)15(24)9-16-20(11)29-17(10-30-4)27-28-21(29)22(2,3)26-16/h5-9,25-26H,10H2,1-4H3. The predicted molar refractivity (Wildman–Crippen MR) is 111 cm³/mol. The summed E-state index contributed by atoms with van der Waals surface area (Å²) in [7, 11) is 1.59. The molecule has 2 aromatic heterocycles. The second-order valence-corrected chi connectivity index (χ2v) is 8.11. The van der Waals surface area contributed by atoms with E-state index in [-0.39, 0.29) is 6.61 Å². The molecule has 0 aliphatic carbocycles. The number of ether oxygens (including phenoxy) is 1. The monoisotopic (exact) mass is 409 g/mol. The summed E-state index contributed by atoms with van der Waals surface area (Å²) in [4.78, 5) is 3.11. The van der Waals surface area contributed by atoms with Crippen LogP contribution in [0.3, 0.4) is 0 Å². The summed E-state index contributed by atoms with van der Waals surface area (Å²) in [6, 6.07) is 6.02. The Bertz CT molecular complexity index is 1300. The number of hydrogen-bond donors (Lipinski definition) is 2. The molecule has 154 valence electrons. The van der Waals surface area contributed by atoms with E-state index in [1.807, 2.05) is 25.3 Å². The van der Waals surface area contributed by atoms with Gasteiger partial charge in [0.2, 0.25) is 0 Å². The highest BCUT2D eigenvalue weighted by atomic mass is 19.1. The van der Waals surface area contributed by atoms with Crippen molar-refractivity contribution in [3.05, 3.63) is 59.3 Å². The van der Waals surface area contributed by atoms with Gasteiger partial charge in [-0.3, -0.25) is 4.57 Å². The van der Waals surface area contributed by atoms with Crippen LogP contribution in [0, 0.1) is 18.6 Å². The third-order valence-corrected chi connectivity index (χ3v) is 5.62. The van der Waals surface area contributed by atoms with Crippen LogP contribution in [0.1, 0.15) is 31.1 Å². The maximum absolute atomic E-state index is 15.5. The average Bonchev–Trinajstić information content (AvgIpc) is 3.29. The molecule has 1 aliphatic heterocycles. The Balaban J connectivity index is 1.85. The topological polar surface area (TPSA) is 67.8 Å². The summed E-state index contributed by atoms with van der Waals surface area (Å²) in [6.45, 7) is 6.01. The molecule has 2 N–H and O–H groups in total. The summed E-state index contributed by atoms with van der Waals surface area (Å²) in [5.74, 6) is 0.471. The summed E-state index contributed by atoms with van der Waals surface area (Å²) < 4.78 is 37.0. The van der Waals surface area contributed by atoms with E-state index in [1.54, 1.807) is 19.4 Å². The number of methoxy groups -OCH3 is 1. The minimum Gasteiger partial charge on any atom is -0.377 e. The van der Waals surface area contributed by atoms with Crippen molar-refractivity contribution in [1.29, 1.82) is 0 Å². The lowest BCUT2D eigenvalue weighted by atomic mass is 9.92. The lowest BCUT2D eigenvalue weighted by Gasteiger charge is -2.35. The van der Waals surface area contributed by atoms with E-state index in [4.69, 9.17) is 4.74 Å². The molecule has 0 radical (unpaired) electrons. The number of anilines is 1. The molecule has 0 saturated carbocycles. The van der Waals surface area contributed by atoms with Crippen LogP contribution < -0.4 is 5.32 Å². The molecular formula is C22H21F2N5O. The summed E-state index contributed by atoms with van der Waals surface area (Å²) >= 11 is 0. The first-order chi connectivity index (χ1) is 14.3. The molecule has 5 rings (SSSR count). The molecule has 3 heterocycles. The SMILES string of the molecule is COCc1nnc2n1-c1c(cc(F)c(-c3cc(F)cc4cc[nH]c34)c1C)NC2(C)C. The average molecular weight is 409 g/mol. The van der Waals surface area contributed by atoms with Crippen LogP contribution in [0.15, 0.2) is 30.5 Å². The van der Waals surface area contributed by atoms with Crippen molar-refractivity contribution in [2.24, 2.45) is 0 Å². The number of halogens is 2. The van der Waals surface area contributed by atoms with Crippen molar-refractivity contribution in [2.45, 2.75) is 32.9 Å². The summed E-state index contributed by atoms with van der Waals surface area (Å²) in [6.07, 6.45) is 1.72. The zero-order valence-corrected chi connectivity index (χ0v) is 17.1. The van der Waals surface area contributed by atoms with Crippen molar-refractivity contribution < 1.29 is 13.5 Å². The van der Waals surface area contributed by atoms with Crippen LogP contribution in [0.2, 0.25) is 0 Å². The molecule has 0 spiro atoms. The smallest absolute Gasteiger partial charge is 0.163 e. The molecule has 1 aliphatic rings. The highest BCUT2D eigenvalue weighted by Gasteiger charge is 2.37. The first-order valence-electron chi connectivity index (χ1n) is 9.64. The van der Waals surface area contributed by atoms with Gasteiger partial charge in [-0.2, -0.15) is 0 Å². The molecule has 6 nitrogen and oxygen atoms in total. The van der Waals surface area contributed by atoms with E-state index in [0.717, 1.165) is 5.69 Å². The van der Waals surface area contributed by atoms with Gasteiger partial charge in [-0.25, -0.2) is 8.78 Å². The van der Waals surface area contributed by atoms with Crippen molar-refractivity contribution in [2.75, 3.05) is 12.4 Å². The van der Waals surface area contributed by atoms with Gasteiger partial charge in [-0.05, 0) is 50.6 Å².